The Morgan fingerprint density at radius 3 is 1.16 bits per heavy atom. The standard InChI is InChI=1S/C40H41BN2Si/c1-39(2,3)26-18-22-28(23-19-26)42-30-12-9-13-31-36(30)41-37-32(42)14-10-16-34(37)44(7,8)35-17-11-15-33(38(35)41)43(31)29-24-20-27(21-25-29)40(4,5)6/h9-25H,1-8H3. The first kappa shape index (κ1) is 27.5. The zero-order valence-corrected chi connectivity index (χ0v) is 28.3. The number of benzene rings is 5. The molecule has 0 aromatic heterocycles. The molecule has 44 heavy (non-hydrogen) atoms. The molecule has 4 heteroatoms. The van der Waals surface area contributed by atoms with Crippen LogP contribution in [0.5, 0.6) is 0 Å². The highest BCUT2D eigenvalue weighted by molar-refractivity contribution is 7.16. The van der Waals surface area contributed by atoms with Crippen molar-refractivity contribution in [2.24, 2.45) is 0 Å². The first-order valence-electron chi connectivity index (χ1n) is 16.1. The molecule has 3 aliphatic rings. The summed E-state index contributed by atoms with van der Waals surface area (Å²) in [6.45, 7) is 19.1. The number of nitrogens with zero attached hydrogens (tertiary/aromatic N) is 2. The molecule has 0 saturated heterocycles. The van der Waals surface area contributed by atoms with E-state index in [0.717, 1.165) is 0 Å². The van der Waals surface area contributed by atoms with Crippen LogP contribution in [0.2, 0.25) is 13.1 Å². The summed E-state index contributed by atoms with van der Waals surface area (Å²) >= 11 is 0. The molecule has 0 radical (unpaired) electrons. The van der Waals surface area contributed by atoms with Crippen LogP contribution >= 0.6 is 0 Å². The van der Waals surface area contributed by atoms with Crippen LogP contribution in [0.25, 0.3) is 0 Å². The normalized spacial score (nSPS) is 15.8. The fourth-order valence-electron chi connectivity index (χ4n) is 8.03. The van der Waals surface area contributed by atoms with Crippen LogP contribution in [0.15, 0.2) is 103 Å². The lowest BCUT2D eigenvalue weighted by atomic mass is 9.33. The van der Waals surface area contributed by atoms with Crippen molar-refractivity contribution in [2.45, 2.75) is 65.5 Å². The second-order valence-corrected chi connectivity index (χ2v) is 19.8. The van der Waals surface area contributed by atoms with Crippen molar-refractivity contribution in [3.05, 3.63) is 114 Å². The Morgan fingerprint density at radius 1 is 0.455 bits per heavy atom. The van der Waals surface area contributed by atoms with Crippen LogP contribution in [0.4, 0.5) is 34.1 Å². The van der Waals surface area contributed by atoms with Gasteiger partial charge >= 0.3 is 0 Å². The molecule has 3 aliphatic heterocycles. The highest BCUT2D eigenvalue weighted by Crippen LogP contribution is 2.44. The molecule has 0 spiro atoms. The van der Waals surface area contributed by atoms with Gasteiger partial charge in [-0.05, 0) is 86.9 Å². The van der Waals surface area contributed by atoms with E-state index < -0.39 is 8.07 Å². The van der Waals surface area contributed by atoms with E-state index in [1.807, 2.05) is 0 Å². The van der Waals surface area contributed by atoms with Gasteiger partial charge in [-0.1, -0.05) is 120 Å². The zero-order chi connectivity index (χ0) is 30.8. The quantitative estimate of drug-likeness (QED) is 0.193. The van der Waals surface area contributed by atoms with Crippen molar-refractivity contribution in [3.63, 3.8) is 0 Å². The highest BCUT2D eigenvalue weighted by Gasteiger charge is 2.51. The van der Waals surface area contributed by atoms with Gasteiger partial charge in [-0.25, -0.2) is 0 Å². The van der Waals surface area contributed by atoms with E-state index in [0.29, 0.717) is 0 Å². The van der Waals surface area contributed by atoms with E-state index in [4.69, 9.17) is 0 Å². The van der Waals surface area contributed by atoms with Crippen LogP contribution in [-0.4, -0.2) is 14.8 Å². The van der Waals surface area contributed by atoms with Gasteiger partial charge in [-0.3, -0.25) is 0 Å². The summed E-state index contributed by atoms with van der Waals surface area (Å²) in [6.07, 6.45) is 0. The fourth-order valence-corrected chi connectivity index (χ4v) is 11.2. The molecule has 0 unspecified atom stereocenters. The smallest absolute Gasteiger partial charge is 0.251 e. The molecule has 0 fully saturated rings. The van der Waals surface area contributed by atoms with Gasteiger partial charge in [0.05, 0.1) is 0 Å². The lowest BCUT2D eigenvalue weighted by Gasteiger charge is -2.49. The number of anilines is 6. The number of hydrogen-bond acceptors (Lipinski definition) is 2. The fraction of sp³-hybridized carbons (Fsp3) is 0.250. The summed E-state index contributed by atoms with van der Waals surface area (Å²) in [6, 6.07) is 39.7. The van der Waals surface area contributed by atoms with Gasteiger partial charge in [-0.15, -0.1) is 0 Å². The Kier molecular flexibility index (Phi) is 5.64. The number of hydrogen-bond donors (Lipinski definition) is 0. The molecule has 0 N–H and O–H groups in total. The summed E-state index contributed by atoms with van der Waals surface area (Å²) in [5.74, 6) is 0. The average Bonchev–Trinajstić information content (AvgIpc) is 2.99. The van der Waals surface area contributed by atoms with Gasteiger partial charge in [0.2, 0.25) is 0 Å². The second kappa shape index (κ2) is 9.01. The Labute approximate surface area is 264 Å². The monoisotopic (exact) mass is 588 g/mol. The summed E-state index contributed by atoms with van der Waals surface area (Å²) in [5, 5.41) is 3.15. The lowest BCUT2D eigenvalue weighted by molar-refractivity contribution is 0.590. The van der Waals surface area contributed by atoms with Gasteiger partial charge in [0.15, 0.2) is 0 Å². The second-order valence-electron chi connectivity index (χ2n) is 15.5. The Hall–Kier alpha value is -4.02. The van der Waals surface area contributed by atoms with Crippen LogP contribution in [0.3, 0.4) is 0 Å². The third kappa shape index (κ3) is 3.73. The molecule has 5 aromatic rings. The van der Waals surface area contributed by atoms with E-state index in [2.05, 4.69) is 168 Å². The molecule has 0 bridgehead atoms. The number of rotatable bonds is 2. The van der Waals surface area contributed by atoms with Gasteiger partial charge in [0, 0.05) is 34.1 Å². The molecular weight excluding hydrogens is 547 g/mol. The summed E-state index contributed by atoms with van der Waals surface area (Å²) in [5.41, 5.74) is 15.1. The first-order valence-corrected chi connectivity index (χ1v) is 19.1. The maximum absolute atomic E-state index is 2.55. The van der Waals surface area contributed by atoms with Crippen LogP contribution in [0, 0.1) is 0 Å². The van der Waals surface area contributed by atoms with E-state index >= 15 is 0 Å². The molecule has 3 heterocycles. The minimum Gasteiger partial charge on any atom is -0.311 e. The van der Waals surface area contributed by atoms with E-state index in [-0.39, 0.29) is 17.5 Å². The van der Waals surface area contributed by atoms with Gasteiger partial charge < -0.3 is 9.80 Å². The van der Waals surface area contributed by atoms with E-state index in [1.165, 1.54) is 61.6 Å². The maximum Gasteiger partial charge on any atom is 0.251 e. The molecular formula is C40H41BN2Si. The molecule has 0 amide bonds. The summed E-state index contributed by atoms with van der Waals surface area (Å²) < 4.78 is 0. The highest BCUT2D eigenvalue weighted by atomic mass is 28.3. The van der Waals surface area contributed by atoms with Gasteiger partial charge in [-0.2, -0.15) is 0 Å². The van der Waals surface area contributed by atoms with Crippen molar-refractivity contribution in [3.8, 4) is 0 Å². The molecule has 2 nitrogen and oxygen atoms in total. The Bertz CT molecular complexity index is 1820. The minimum atomic E-state index is -1.99. The molecule has 0 atom stereocenters. The van der Waals surface area contributed by atoms with Crippen LogP contribution in [-0.2, 0) is 10.8 Å². The van der Waals surface area contributed by atoms with Crippen molar-refractivity contribution in [1.29, 1.82) is 0 Å². The predicted octanol–water partition coefficient (Wildman–Crippen LogP) is 7.50. The van der Waals surface area contributed by atoms with Crippen LogP contribution in [0.1, 0.15) is 52.7 Å². The summed E-state index contributed by atoms with van der Waals surface area (Å²) in [7, 11) is -1.99. The zero-order valence-electron chi connectivity index (χ0n) is 27.3. The lowest BCUT2D eigenvalue weighted by Crippen LogP contribution is -2.79. The van der Waals surface area contributed by atoms with Crippen molar-refractivity contribution < 1.29 is 0 Å². The molecule has 0 saturated carbocycles. The van der Waals surface area contributed by atoms with E-state index in [9.17, 15) is 0 Å². The van der Waals surface area contributed by atoms with Crippen LogP contribution < -0.4 is 36.6 Å². The van der Waals surface area contributed by atoms with Gasteiger partial charge in [0.25, 0.3) is 6.71 Å². The SMILES string of the molecule is CC(C)(C)c1ccc(N2c3cccc4c3B3c5c2cccc5[Si](C)(C)c2cccc(c23)N4c2ccc(C(C)(C)C)cc2)cc1. The maximum atomic E-state index is 2.55. The summed E-state index contributed by atoms with van der Waals surface area (Å²) in [4.78, 5) is 5.09. The predicted molar refractivity (Wildman–Crippen MR) is 195 cm³/mol. The minimum absolute atomic E-state index is 0.113. The third-order valence-corrected chi connectivity index (χ3v) is 14.0. The molecule has 0 aliphatic carbocycles. The van der Waals surface area contributed by atoms with Crippen molar-refractivity contribution in [1.82, 2.24) is 0 Å². The first-order chi connectivity index (χ1) is 20.9. The van der Waals surface area contributed by atoms with Gasteiger partial charge in [0.1, 0.15) is 8.07 Å². The Balaban J connectivity index is 1.43. The third-order valence-electron chi connectivity index (χ3n) is 10.4. The van der Waals surface area contributed by atoms with Crippen molar-refractivity contribution in [2.75, 3.05) is 9.80 Å². The molecule has 8 rings (SSSR count). The average molecular weight is 589 g/mol. The molecule has 218 valence electrons. The molecule has 5 aromatic carbocycles. The Morgan fingerprint density at radius 2 is 0.795 bits per heavy atom. The van der Waals surface area contributed by atoms with Crippen molar-refractivity contribution >= 4 is 75.7 Å². The largest absolute Gasteiger partial charge is 0.311 e. The van der Waals surface area contributed by atoms with E-state index in [1.54, 1.807) is 10.4 Å². The topological polar surface area (TPSA) is 6.48 Å².